The Labute approximate surface area is 99.2 Å². The van der Waals surface area contributed by atoms with Crippen molar-refractivity contribution in [1.29, 1.82) is 0 Å². The standard InChI is InChI=1S/C11H24O2SSi/c1-9-8-14-10(13-9)7-12-15(5,6)11(2,3)4/h9-10H,7-8H2,1-6H3/t9-,10-/m1/s1. The molecule has 2 atom stereocenters. The number of thioether (sulfide) groups is 1. The molecule has 0 amide bonds. The van der Waals surface area contributed by atoms with E-state index in [2.05, 4.69) is 40.8 Å². The average molecular weight is 248 g/mol. The van der Waals surface area contributed by atoms with Crippen molar-refractivity contribution in [3.63, 3.8) is 0 Å². The number of ether oxygens (including phenoxy) is 1. The van der Waals surface area contributed by atoms with Crippen LogP contribution in [0.4, 0.5) is 0 Å². The van der Waals surface area contributed by atoms with Crippen LogP contribution in [0.5, 0.6) is 0 Å². The van der Waals surface area contributed by atoms with Crippen molar-refractivity contribution < 1.29 is 9.16 Å². The molecule has 1 fully saturated rings. The lowest BCUT2D eigenvalue weighted by atomic mass is 10.2. The zero-order chi connectivity index (χ0) is 11.7. The molecule has 0 spiro atoms. The molecule has 0 aromatic carbocycles. The minimum atomic E-state index is -1.59. The van der Waals surface area contributed by atoms with Gasteiger partial charge in [-0.1, -0.05) is 20.8 Å². The summed E-state index contributed by atoms with van der Waals surface area (Å²) in [6.45, 7) is 14.3. The summed E-state index contributed by atoms with van der Waals surface area (Å²) in [5, 5.41) is 0.294. The van der Waals surface area contributed by atoms with Crippen LogP contribution in [0.15, 0.2) is 0 Å². The molecule has 0 saturated carbocycles. The lowest BCUT2D eigenvalue weighted by molar-refractivity contribution is 0.0474. The quantitative estimate of drug-likeness (QED) is 0.712. The van der Waals surface area contributed by atoms with Crippen LogP contribution in [-0.2, 0) is 9.16 Å². The fraction of sp³-hybridized carbons (Fsp3) is 1.00. The Morgan fingerprint density at radius 3 is 2.40 bits per heavy atom. The molecule has 1 heterocycles. The molecule has 4 heteroatoms. The van der Waals surface area contributed by atoms with Crippen molar-refractivity contribution in [2.75, 3.05) is 12.4 Å². The molecule has 1 rings (SSSR count). The van der Waals surface area contributed by atoms with E-state index in [1.54, 1.807) is 0 Å². The molecular formula is C11H24O2SSi. The van der Waals surface area contributed by atoms with E-state index in [9.17, 15) is 0 Å². The largest absolute Gasteiger partial charge is 0.413 e. The van der Waals surface area contributed by atoms with Crippen LogP contribution in [0.3, 0.4) is 0 Å². The van der Waals surface area contributed by atoms with Crippen molar-refractivity contribution in [2.45, 2.75) is 57.4 Å². The molecule has 0 bridgehead atoms. The Kier molecular flexibility index (Phi) is 4.32. The van der Waals surface area contributed by atoms with Crippen molar-refractivity contribution in [1.82, 2.24) is 0 Å². The minimum Gasteiger partial charge on any atom is -0.413 e. The van der Waals surface area contributed by atoms with E-state index in [-0.39, 0.29) is 5.44 Å². The van der Waals surface area contributed by atoms with Gasteiger partial charge in [-0.25, -0.2) is 0 Å². The molecule has 0 aliphatic carbocycles. The summed E-state index contributed by atoms with van der Waals surface area (Å²) in [5.41, 5.74) is 0.258. The first-order valence-electron chi connectivity index (χ1n) is 5.63. The Morgan fingerprint density at radius 2 is 2.00 bits per heavy atom. The molecule has 0 unspecified atom stereocenters. The van der Waals surface area contributed by atoms with Crippen LogP contribution >= 0.6 is 11.8 Å². The van der Waals surface area contributed by atoms with Gasteiger partial charge in [-0.15, -0.1) is 11.8 Å². The first kappa shape index (κ1) is 13.6. The fourth-order valence-electron chi connectivity index (χ4n) is 1.16. The lowest BCUT2D eigenvalue weighted by Gasteiger charge is -2.36. The normalized spacial score (nSPS) is 28.4. The third-order valence-corrected chi connectivity index (χ3v) is 9.07. The molecule has 0 aromatic rings. The van der Waals surface area contributed by atoms with Crippen LogP contribution < -0.4 is 0 Å². The van der Waals surface area contributed by atoms with Gasteiger partial charge >= 0.3 is 0 Å². The summed E-state index contributed by atoms with van der Waals surface area (Å²) in [6, 6.07) is 0. The second-order valence-corrected chi connectivity index (χ2v) is 11.8. The Balaban J connectivity index is 2.36. The molecule has 1 aliphatic rings. The van der Waals surface area contributed by atoms with E-state index in [1.807, 2.05) is 11.8 Å². The third kappa shape index (κ3) is 3.77. The second kappa shape index (κ2) is 4.78. The summed E-state index contributed by atoms with van der Waals surface area (Å²) in [5.74, 6) is 1.10. The van der Waals surface area contributed by atoms with E-state index in [4.69, 9.17) is 9.16 Å². The summed E-state index contributed by atoms with van der Waals surface area (Å²) >= 11 is 1.88. The predicted octanol–water partition coefficient (Wildman–Crippen LogP) is 3.49. The number of rotatable bonds is 3. The van der Waals surface area contributed by atoms with Gasteiger partial charge in [-0.05, 0) is 25.1 Å². The van der Waals surface area contributed by atoms with Gasteiger partial charge in [0.25, 0.3) is 0 Å². The Hall–Kier alpha value is 0.487. The average Bonchev–Trinajstić information content (AvgIpc) is 2.46. The summed E-state index contributed by atoms with van der Waals surface area (Å²) < 4.78 is 11.8. The van der Waals surface area contributed by atoms with Gasteiger partial charge in [0.1, 0.15) is 5.44 Å². The number of hydrogen-bond acceptors (Lipinski definition) is 3. The van der Waals surface area contributed by atoms with E-state index >= 15 is 0 Å². The SMILES string of the molecule is C[C@@H]1CS[C@H](CO[Si](C)(C)C(C)(C)C)O1. The van der Waals surface area contributed by atoms with Crippen molar-refractivity contribution in [2.24, 2.45) is 0 Å². The maximum Gasteiger partial charge on any atom is 0.192 e. The summed E-state index contributed by atoms with van der Waals surface area (Å²) in [7, 11) is -1.59. The monoisotopic (exact) mass is 248 g/mol. The van der Waals surface area contributed by atoms with E-state index in [0.717, 1.165) is 12.4 Å². The maximum atomic E-state index is 6.12. The van der Waals surface area contributed by atoms with Crippen molar-refractivity contribution in [3.05, 3.63) is 0 Å². The van der Waals surface area contributed by atoms with Crippen LogP contribution in [0, 0.1) is 0 Å². The maximum absolute atomic E-state index is 6.12. The highest BCUT2D eigenvalue weighted by Gasteiger charge is 2.38. The van der Waals surface area contributed by atoms with Crippen LogP contribution in [-0.4, -0.2) is 32.2 Å². The van der Waals surface area contributed by atoms with Gasteiger partial charge < -0.3 is 9.16 Å². The zero-order valence-corrected chi connectivity index (χ0v) is 12.6. The molecule has 0 radical (unpaired) electrons. The van der Waals surface area contributed by atoms with Crippen molar-refractivity contribution >= 4 is 20.1 Å². The molecular weight excluding hydrogens is 224 g/mol. The molecule has 15 heavy (non-hydrogen) atoms. The first-order valence-corrected chi connectivity index (χ1v) is 9.59. The summed E-state index contributed by atoms with van der Waals surface area (Å²) in [4.78, 5) is 0. The zero-order valence-electron chi connectivity index (χ0n) is 10.8. The third-order valence-electron chi connectivity index (χ3n) is 3.29. The molecule has 2 nitrogen and oxygen atoms in total. The van der Waals surface area contributed by atoms with Crippen LogP contribution in [0.1, 0.15) is 27.7 Å². The molecule has 1 aliphatic heterocycles. The van der Waals surface area contributed by atoms with Gasteiger partial charge in [0, 0.05) is 5.75 Å². The fourth-order valence-corrected chi connectivity index (χ4v) is 3.28. The molecule has 0 N–H and O–H groups in total. The Bertz CT molecular complexity index is 213. The lowest BCUT2D eigenvalue weighted by Crippen LogP contribution is -2.42. The molecule has 0 aromatic heterocycles. The molecule has 90 valence electrons. The number of hydrogen-bond donors (Lipinski definition) is 0. The van der Waals surface area contributed by atoms with Gasteiger partial charge in [-0.3, -0.25) is 0 Å². The van der Waals surface area contributed by atoms with Crippen LogP contribution in [0.2, 0.25) is 18.1 Å². The highest BCUT2D eigenvalue weighted by Crippen LogP contribution is 2.37. The predicted molar refractivity (Wildman–Crippen MR) is 69.9 cm³/mol. The highest BCUT2D eigenvalue weighted by molar-refractivity contribution is 8.00. The van der Waals surface area contributed by atoms with Gasteiger partial charge in [0.2, 0.25) is 0 Å². The molecule has 1 saturated heterocycles. The van der Waals surface area contributed by atoms with Crippen LogP contribution in [0.25, 0.3) is 0 Å². The minimum absolute atomic E-state index is 0.258. The first-order chi connectivity index (χ1) is 6.72. The van der Waals surface area contributed by atoms with Gasteiger partial charge in [0.05, 0.1) is 12.7 Å². The van der Waals surface area contributed by atoms with E-state index in [1.165, 1.54) is 0 Å². The van der Waals surface area contributed by atoms with E-state index in [0.29, 0.717) is 11.1 Å². The smallest absolute Gasteiger partial charge is 0.192 e. The highest BCUT2D eigenvalue weighted by atomic mass is 32.2. The Morgan fingerprint density at radius 1 is 1.40 bits per heavy atom. The van der Waals surface area contributed by atoms with Gasteiger partial charge in [-0.2, -0.15) is 0 Å². The topological polar surface area (TPSA) is 18.5 Å². The van der Waals surface area contributed by atoms with E-state index < -0.39 is 8.32 Å². The van der Waals surface area contributed by atoms with Crippen molar-refractivity contribution in [3.8, 4) is 0 Å². The van der Waals surface area contributed by atoms with Gasteiger partial charge in [0.15, 0.2) is 8.32 Å². The second-order valence-electron chi connectivity index (χ2n) is 5.78. The summed E-state index contributed by atoms with van der Waals surface area (Å²) in [6.07, 6.45) is 0.392.